The van der Waals surface area contributed by atoms with Crippen LogP contribution in [0, 0.1) is 0 Å². The summed E-state index contributed by atoms with van der Waals surface area (Å²) in [5.74, 6) is -3.16. The molecule has 0 fully saturated rings. The molecule has 0 aromatic carbocycles. The normalized spacial score (nSPS) is 13.9. The summed E-state index contributed by atoms with van der Waals surface area (Å²) in [6.45, 7) is 1.44. The molecule has 7 heteroatoms. The maximum atomic E-state index is 12.6. The Bertz CT molecular complexity index is 184. The molecule has 0 aromatic rings. The van der Waals surface area contributed by atoms with E-state index < -0.39 is 25.2 Å². The monoisotopic (exact) mass is 257 g/mol. The van der Waals surface area contributed by atoms with Crippen LogP contribution in [-0.2, 0) is 9.47 Å². The fourth-order valence-corrected chi connectivity index (χ4v) is 1.02. The van der Waals surface area contributed by atoms with Crippen LogP contribution in [0.3, 0.4) is 0 Å². The topological polar surface area (TPSA) is 71.0 Å². The molecule has 1 atom stereocenters. The van der Waals surface area contributed by atoms with Gasteiger partial charge in [0.2, 0.25) is 0 Å². The van der Waals surface area contributed by atoms with E-state index in [0.29, 0.717) is 19.8 Å². The van der Waals surface area contributed by atoms with Crippen LogP contribution < -0.4 is 5.32 Å². The fourth-order valence-electron chi connectivity index (χ4n) is 1.02. The minimum Gasteiger partial charge on any atom is -0.390 e. The lowest BCUT2D eigenvalue weighted by Gasteiger charge is -2.16. The summed E-state index contributed by atoms with van der Waals surface area (Å²) in [7, 11) is 0. The lowest BCUT2D eigenvalue weighted by atomic mass is 10.3. The summed E-state index contributed by atoms with van der Waals surface area (Å²) in [6, 6.07) is 0. The Morgan fingerprint density at radius 2 is 1.94 bits per heavy atom. The van der Waals surface area contributed by atoms with Crippen LogP contribution in [0.1, 0.15) is 6.92 Å². The first-order valence-electron chi connectivity index (χ1n) is 5.54. The van der Waals surface area contributed by atoms with Crippen LogP contribution in [0.4, 0.5) is 8.78 Å². The van der Waals surface area contributed by atoms with Crippen LogP contribution in [0.15, 0.2) is 0 Å². The van der Waals surface area contributed by atoms with Crippen molar-refractivity contribution >= 4 is 0 Å². The number of ether oxygens (including phenoxy) is 2. The number of halogens is 2. The minimum absolute atomic E-state index is 0.00970. The predicted octanol–water partition coefficient (Wildman–Crippen LogP) is -0.382. The minimum atomic E-state index is -3.16. The van der Waals surface area contributed by atoms with Gasteiger partial charge in [-0.1, -0.05) is 0 Å². The van der Waals surface area contributed by atoms with Gasteiger partial charge in [0.05, 0.1) is 32.5 Å². The molecule has 1 unspecified atom stereocenters. The van der Waals surface area contributed by atoms with E-state index >= 15 is 0 Å². The van der Waals surface area contributed by atoms with Crippen molar-refractivity contribution in [1.29, 1.82) is 0 Å². The molecule has 0 aliphatic carbocycles. The number of hydrogen-bond acceptors (Lipinski definition) is 5. The maximum Gasteiger partial charge on any atom is 0.282 e. The molecular formula is C10H21F2NO4. The highest BCUT2D eigenvalue weighted by molar-refractivity contribution is 4.69. The van der Waals surface area contributed by atoms with Gasteiger partial charge in [0.1, 0.15) is 6.61 Å². The average Bonchev–Trinajstić information content (AvgIpc) is 2.28. The van der Waals surface area contributed by atoms with Crippen molar-refractivity contribution in [3.8, 4) is 0 Å². The van der Waals surface area contributed by atoms with E-state index in [2.05, 4.69) is 5.32 Å². The third-order valence-electron chi connectivity index (χ3n) is 1.88. The molecule has 0 amide bonds. The Kier molecular flexibility index (Phi) is 9.47. The zero-order valence-electron chi connectivity index (χ0n) is 9.99. The van der Waals surface area contributed by atoms with Gasteiger partial charge in [-0.2, -0.15) is 0 Å². The van der Waals surface area contributed by atoms with Crippen molar-refractivity contribution in [3.05, 3.63) is 0 Å². The Morgan fingerprint density at radius 1 is 1.29 bits per heavy atom. The van der Waals surface area contributed by atoms with E-state index in [9.17, 15) is 13.9 Å². The molecule has 0 aromatic heterocycles. The zero-order valence-corrected chi connectivity index (χ0v) is 9.99. The highest BCUT2D eigenvalue weighted by Gasteiger charge is 2.27. The molecule has 5 nitrogen and oxygen atoms in total. The van der Waals surface area contributed by atoms with Crippen molar-refractivity contribution in [1.82, 2.24) is 5.32 Å². The lowest BCUT2D eigenvalue weighted by Crippen LogP contribution is -2.40. The number of aliphatic hydroxyl groups excluding tert-OH is 2. The molecule has 0 bridgehead atoms. The molecule has 0 spiro atoms. The first kappa shape index (κ1) is 16.7. The van der Waals surface area contributed by atoms with Gasteiger partial charge >= 0.3 is 0 Å². The Balaban J connectivity index is 3.37. The van der Waals surface area contributed by atoms with Gasteiger partial charge in [0, 0.05) is 13.2 Å². The Labute approximate surface area is 99.7 Å². The van der Waals surface area contributed by atoms with Crippen LogP contribution in [0.5, 0.6) is 0 Å². The molecule has 0 heterocycles. The molecule has 0 aliphatic rings. The molecule has 0 radical (unpaired) electrons. The van der Waals surface area contributed by atoms with E-state index in [0.717, 1.165) is 0 Å². The fraction of sp³-hybridized carbons (Fsp3) is 1.00. The van der Waals surface area contributed by atoms with Gasteiger partial charge in [-0.3, -0.25) is 0 Å². The summed E-state index contributed by atoms with van der Waals surface area (Å²) < 4.78 is 35.2. The summed E-state index contributed by atoms with van der Waals surface area (Å²) >= 11 is 0. The molecule has 104 valence electrons. The van der Waals surface area contributed by atoms with Crippen LogP contribution in [-0.4, -0.2) is 68.4 Å². The van der Waals surface area contributed by atoms with E-state index in [1.807, 2.05) is 6.92 Å². The second-order valence-corrected chi connectivity index (χ2v) is 3.57. The second kappa shape index (κ2) is 9.67. The summed E-state index contributed by atoms with van der Waals surface area (Å²) in [4.78, 5) is 0. The number of nitrogens with one attached hydrogen (secondary N) is 1. The number of alkyl halides is 2. The maximum absolute atomic E-state index is 12.6. The van der Waals surface area contributed by atoms with Gasteiger partial charge < -0.3 is 25.0 Å². The van der Waals surface area contributed by atoms with Crippen LogP contribution >= 0.6 is 0 Å². The first-order chi connectivity index (χ1) is 8.02. The van der Waals surface area contributed by atoms with E-state index in [1.54, 1.807) is 0 Å². The standard InChI is InChI=1S/C10H21F2NO4/c1-2-16-3-4-17-6-9(15)5-13-7-10(11,12)8-14/h9,13-15H,2-8H2,1H3. The molecule has 0 saturated heterocycles. The zero-order chi connectivity index (χ0) is 13.1. The molecule has 0 saturated carbocycles. The Morgan fingerprint density at radius 3 is 2.53 bits per heavy atom. The summed E-state index contributed by atoms with van der Waals surface area (Å²) in [6.07, 6.45) is -0.855. The molecule has 0 aliphatic heterocycles. The first-order valence-corrected chi connectivity index (χ1v) is 5.54. The van der Waals surface area contributed by atoms with Crippen LogP contribution in [0.25, 0.3) is 0 Å². The van der Waals surface area contributed by atoms with Crippen molar-refractivity contribution < 1.29 is 28.5 Å². The van der Waals surface area contributed by atoms with Crippen molar-refractivity contribution in [2.24, 2.45) is 0 Å². The van der Waals surface area contributed by atoms with Gasteiger partial charge in [0.15, 0.2) is 0 Å². The number of rotatable bonds is 11. The highest BCUT2D eigenvalue weighted by atomic mass is 19.3. The molecular weight excluding hydrogens is 236 g/mol. The average molecular weight is 257 g/mol. The van der Waals surface area contributed by atoms with Gasteiger partial charge in [-0.25, -0.2) is 8.78 Å². The predicted molar refractivity (Wildman–Crippen MR) is 58.2 cm³/mol. The highest BCUT2D eigenvalue weighted by Crippen LogP contribution is 2.09. The van der Waals surface area contributed by atoms with E-state index in [1.165, 1.54) is 0 Å². The van der Waals surface area contributed by atoms with Crippen molar-refractivity contribution in [3.63, 3.8) is 0 Å². The van der Waals surface area contributed by atoms with Gasteiger partial charge in [-0.05, 0) is 6.92 Å². The summed E-state index contributed by atoms with van der Waals surface area (Å²) in [5, 5.41) is 20.0. The third kappa shape index (κ3) is 10.5. The number of aliphatic hydroxyl groups is 2. The SMILES string of the molecule is CCOCCOCC(O)CNCC(F)(F)CO. The van der Waals surface area contributed by atoms with Gasteiger partial charge in [0.25, 0.3) is 5.92 Å². The molecule has 3 N–H and O–H groups in total. The smallest absolute Gasteiger partial charge is 0.282 e. The van der Waals surface area contributed by atoms with Crippen LogP contribution in [0.2, 0.25) is 0 Å². The van der Waals surface area contributed by atoms with Crippen molar-refractivity contribution in [2.45, 2.75) is 19.0 Å². The van der Waals surface area contributed by atoms with Crippen molar-refractivity contribution in [2.75, 3.05) is 46.1 Å². The third-order valence-corrected chi connectivity index (χ3v) is 1.88. The lowest BCUT2D eigenvalue weighted by molar-refractivity contribution is -0.0507. The molecule has 0 rings (SSSR count). The Hall–Kier alpha value is -0.340. The van der Waals surface area contributed by atoms with E-state index in [-0.39, 0.29) is 13.2 Å². The largest absolute Gasteiger partial charge is 0.390 e. The van der Waals surface area contributed by atoms with Gasteiger partial charge in [-0.15, -0.1) is 0 Å². The summed E-state index contributed by atoms with van der Waals surface area (Å²) in [5.41, 5.74) is 0. The quantitative estimate of drug-likeness (QED) is 0.440. The second-order valence-electron chi connectivity index (χ2n) is 3.57. The van der Waals surface area contributed by atoms with E-state index in [4.69, 9.17) is 14.6 Å². The number of hydrogen-bond donors (Lipinski definition) is 3. The molecule has 17 heavy (non-hydrogen) atoms.